The molecule has 2 aromatic rings. The smallest absolute Gasteiger partial charge is 0.359 e. The van der Waals surface area contributed by atoms with Gasteiger partial charge in [-0.25, -0.2) is 9.97 Å². The van der Waals surface area contributed by atoms with E-state index < -0.39 is 17.9 Å². The molecule has 8 heteroatoms. The molecule has 104 valence electrons. The number of aromatic nitrogens is 3. The quantitative estimate of drug-likeness (QED) is 0.906. The highest BCUT2D eigenvalue weighted by molar-refractivity contribution is 5.53. The normalized spacial score (nSPS) is 12.8. The number of nitriles is 1. The lowest BCUT2D eigenvalue weighted by Gasteiger charge is -2.15. The summed E-state index contributed by atoms with van der Waals surface area (Å²) >= 11 is 0. The van der Waals surface area contributed by atoms with Crippen LogP contribution in [0.2, 0.25) is 0 Å². The molecule has 0 amide bonds. The van der Waals surface area contributed by atoms with Crippen LogP contribution in [0.5, 0.6) is 0 Å². The molecule has 0 radical (unpaired) electrons. The van der Waals surface area contributed by atoms with Crippen LogP contribution in [0.15, 0.2) is 24.5 Å². The molecule has 0 saturated heterocycles. The highest BCUT2D eigenvalue weighted by atomic mass is 19.4. The number of aromatic amines is 1. The molecule has 2 N–H and O–H groups in total. The van der Waals surface area contributed by atoms with Crippen LogP contribution >= 0.6 is 0 Å². The Labute approximate surface area is 112 Å². The maximum atomic E-state index is 12.6. The lowest BCUT2D eigenvalue weighted by Crippen LogP contribution is -2.14. The summed E-state index contributed by atoms with van der Waals surface area (Å²) in [5.41, 5.74) is -1.01. The molecule has 2 heterocycles. The second kappa shape index (κ2) is 5.21. The number of nitrogens with zero attached hydrogens (tertiary/aromatic N) is 3. The van der Waals surface area contributed by atoms with Gasteiger partial charge in [-0.1, -0.05) is 0 Å². The number of nitrogens with one attached hydrogen (secondary N) is 2. The van der Waals surface area contributed by atoms with E-state index in [4.69, 9.17) is 5.26 Å². The standard InChI is InChI=1S/C12H10F3N5/c1-7(10-17-4-5-18-10)19-11-8(6-16)2-3-9(20-11)12(13,14)15/h2-5,7H,1H3,(H,17,18)(H,19,20). The van der Waals surface area contributed by atoms with Gasteiger partial charge in [-0.05, 0) is 19.1 Å². The number of anilines is 1. The molecule has 0 aliphatic carbocycles. The van der Waals surface area contributed by atoms with Crippen LogP contribution in [-0.4, -0.2) is 15.0 Å². The third-order valence-electron chi connectivity index (χ3n) is 2.59. The fourth-order valence-corrected chi connectivity index (χ4v) is 1.60. The van der Waals surface area contributed by atoms with Crippen LogP contribution in [0.3, 0.4) is 0 Å². The zero-order valence-corrected chi connectivity index (χ0v) is 10.4. The van der Waals surface area contributed by atoms with Crippen molar-refractivity contribution in [3.8, 4) is 6.07 Å². The van der Waals surface area contributed by atoms with Crippen LogP contribution in [0, 0.1) is 11.3 Å². The van der Waals surface area contributed by atoms with Crippen molar-refractivity contribution in [2.75, 3.05) is 5.32 Å². The van der Waals surface area contributed by atoms with Gasteiger partial charge in [-0.15, -0.1) is 0 Å². The molecule has 1 atom stereocenters. The van der Waals surface area contributed by atoms with Crippen LogP contribution in [-0.2, 0) is 6.18 Å². The fourth-order valence-electron chi connectivity index (χ4n) is 1.60. The zero-order chi connectivity index (χ0) is 14.8. The number of alkyl halides is 3. The molecule has 0 aromatic carbocycles. The maximum Gasteiger partial charge on any atom is 0.433 e. The minimum atomic E-state index is -4.56. The summed E-state index contributed by atoms with van der Waals surface area (Å²) in [6, 6.07) is 3.26. The number of imidazole rings is 1. The Kier molecular flexibility index (Phi) is 3.61. The summed E-state index contributed by atoms with van der Waals surface area (Å²) in [5.74, 6) is 0.416. The summed E-state index contributed by atoms with van der Waals surface area (Å²) in [5, 5.41) is 11.7. The Morgan fingerprint density at radius 3 is 2.70 bits per heavy atom. The highest BCUT2D eigenvalue weighted by Crippen LogP contribution is 2.30. The molecule has 0 spiro atoms. The van der Waals surface area contributed by atoms with Gasteiger partial charge in [-0.3, -0.25) is 0 Å². The van der Waals surface area contributed by atoms with Crippen LogP contribution < -0.4 is 5.32 Å². The van der Waals surface area contributed by atoms with Crippen molar-refractivity contribution >= 4 is 5.82 Å². The molecule has 0 aliphatic heterocycles. The van der Waals surface area contributed by atoms with E-state index in [1.54, 1.807) is 19.2 Å². The van der Waals surface area contributed by atoms with E-state index in [2.05, 4.69) is 20.3 Å². The second-order valence-electron chi connectivity index (χ2n) is 4.04. The van der Waals surface area contributed by atoms with Gasteiger partial charge in [0.25, 0.3) is 0 Å². The van der Waals surface area contributed by atoms with E-state index in [1.165, 1.54) is 6.20 Å². The minimum Gasteiger partial charge on any atom is -0.359 e. The van der Waals surface area contributed by atoms with E-state index >= 15 is 0 Å². The molecule has 2 aromatic heterocycles. The Hall–Kier alpha value is -2.56. The number of hydrogen-bond donors (Lipinski definition) is 2. The summed E-state index contributed by atoms with van der Waals surface area (Å²) in [4.78, 5) is 10.3. The topological polar surface area (TPSA) is 77.4 Å². The van der Waals surface area contributed by atoms with Gasteiger partial charge < -0.3 is 10.3 Å². The summed E-state index contributed by atoms with van der Waals surface area (Å²) in [7, 11) is 0. The molecule has 20 heavy (non-hydrogen) atoms. The monoisotopic (exact) mass is 281 g/mol. The first kappa shape index (κ1) is 13.9. The van der Waals surface area contributed by atoms with Gasteiger partial charge in [0, 0.05) is 12.4 Å². The molecule has 5 nitrogen and oxygen atoms in total. The molecular weight excluding hydrogens is 271 g/mol. The van der Waals surface area contributed by atoms with Crippen molar-refractivity contribution in [3.63, 3.8) is 0 Å². The molecule has 1 unspecified atom stereocenters. The average molecular weight is 281 g/mol. The number of pyridine rings is 1. The van der Waals surface area contributed by atoms with Crippen molar-refractivity contribution < 1.29 is 13.2 Å². The first-order valence-corrected chi connectivity index (χ1v) is 5.66. The first-order chi connectivity index (χ1) is 9.41. The molecule has 0 saturated carbocycles. The van der Waals surface area contributed by atoms with Crippen molar-refractivity contribution in [1.29, 1.82) is 5.26 Å². The highest BCUT2D eigenvalue weighted by Gasteiger charge is 2.33. The van der Waals surface area contributed by atoms with E-state index in [-0.39, 0.29) is 11.4 Å². The zero-order valence-electron chi connectivity index (χ0n) is 10.4. The Morgan fingerprint density at radius 1 is 1.40 bits per heavy atom. The fraction of sp³-hybridized carbons (Fsp3) is 0.250. The van der Waals surface area contributed by atoms with Crippen molar-refractivity contribution in [2.45, 2.75) is 19.1 Å². The first-order valence-electron chi connectivity index (χ1n) is 5.66. The minimum absolute atomic E-state index is 0.0383. The lowest BCUT2D eigenvalue weighted by atomic mass is 10.2. The Bertz CT molecular complexity index is 628. The summed E-state index contributed by atoms with van der Waals surface area (Å²) in [6.07, 6.45) is -1.44. The van der Waals surface area contributed by atoms with Gasteiger partial charge >= 0.3 is 6.18 Å². The van der Waals surface area contributed by atoms with Crippen molar-refractivity contribution in [3.05, 3.63) is 41.6 Å². The van der Waals surface area contributed by atoms with E-state index in [1.807, 2.05) is 0 Å². The van der Waals surface area contributed by atoms with Gasteiger partial charge in [-0.2, -0.15) is 18.4 Å². The van der Waals surface area contributed by atoms with Crippen LogP contribution in [0.1, 0.15) is 30.0 Å². The molecule has 0 bridgehead atoms. The van der Waals surface area contributed by atoms with Crippen molar-refractivity contribution in [2.24, 2.45) is 0 Å². The molecule has 2 rings (SSSR count). The second-order valence-corrected chi connectivity index (χ2v) is 4.04. The predicted octanol–water partition coefficient (Wildman–Crippen LogP) is 2.87. The summed E-state index contributed by atoms with van der Waals surface area (Å²) in [6.45, 7) is 1.70. The average Bonchev–Trinajstić information content (AvgIpc) is 2.91. The Balaban J connectivity index is 2.32. The molecular formula is C12H10F3N5. The summed E-state index contributed by atoms with van der Waals surface area (Å²) < 4.78 is 37.9. The van der Waals surface area contributed by atoms with Gasteiger partial charge in [0.2, 0.25) is 0 Å². The SMILES string of the molecule is CC(Nc1nc(C(F)(F)F)ccc1C#N)c1ncc[nH]1. The third-order valence-corrected chi connectivity index (χ3v) is 2.59. The van der Waals surface area contributed by atoms with E-state index in [0.29, 0.717) is 5.82 Å². The number of H-pyrrole nitrogens is 1. The number of halogens is 3. The van der Waals surface area contributed by atoms with Gasteiger partial charge in [0.1, 0.15) is 23.4 Å². The van der Waals surface area contributed by atoms with E-state index in [0.717, 1.165) is 12.1 Å². The largest absolute Gasteiger partial charge is 0.433 e. The van der Waals surface area contributed by atoms with Gasteiger partial charge in [0.15, 0.2) is 0 Å². The number of rotatable bonds is 3. The molecule has 0 aliphatic rings. The maximum absolute atomic E-state index is 12.6. The molecule has 0 fully saturated rings. The predicted molar refractivity (Wildman–Crippen MR) is 64.6 cm³/mol. The van der Waals surface area contributed by atoms with Crippen LogP contribution in [0.4, 0.5) is 19.0 Å². The number of hydrogen-bond acceptors (Lipinski definition) is 4. The van der Waals surface area contributed by atoms with Gasteiger partial charge in [0.05, 0.1) is 11.6 Å². The lowest BCUT2D eigenvalue weighted by molar-refractivity contribution is -0.141. The van der Waals surface area contributed by atoms with E-state index in [9.17, 15) is 13.2 Å². The Morgan fingerprint density at radius 2 is 2.15 bits per heavy atom. The van der Waals surface area contributed by atoms with Crippen molar-refractivity contribution in [1.82, 2.24) is 15.0 Å². The third kappa shape index (κ3) is 2.88. The van der Waals surface area contributed by atoms with Crippen LogP contribution in [0.25, 0.3) is 0 Å².